The van der Waals surface area contributed by atoms with Gasteiger partial charge in [0.25, 0.3) is 0 Å². The molecule has 2 amide bonds. The van der Waals surface area contributed by atoms with Crippen LogP contribution < -0.4 is 5.32 Å². The van der Waals surface area contributed by atoms with Crippen molar-refractivity contribution in [3.05, 3.63) is 6.33 Å². The maximum Gasteiger partial charge on any atom is 0.249 e. The standard InChI is InChI=1S/C15H23N5O2/c1-11(21)19-9-5-8-13(19)14(22)17-15-16-10-20(18-15)12-6-3-2-4-7-12/h10,12-13H,2-9H2,1H3,(H,17,18,22). The SMILES string of the molecule is CC(=O)N1CCCC1C(=O)Nc1ncn(C2CCCCC2)n1. The van der Waals surface area contributed by atoms with Crippen molar-refractivity contribution >= 4 is 17.8 Å². The fourth-order valence-corrected chi connectivity index (χ4v) is 3.46. The van der Waals surface area contributed by atoms with E-state index in [4.69, 9.17) is 0 Å². The highest BCUT2D eigenvalue weighted by molar-refractivity contribution is 5.96. The van der Waals surface area contributed by atoms with E-state index in [9.17, 15) is 9.59 Å². The highest BCUT2D eigenvalue weighted by atomic mass is 16.2. The number of carbonyl (C=O) groups excluding carboxylic acids is 2. The lowest BCUT2D eigenvalue weighted by Gasteiger charge is -2.22. The number of amides is 2. The van der Waals surface area contributed by atoms with Crippen LogP contribution >= 0.6 is 0 Å². The fraction of sp³-hybridized carbons (Fsp3) is 0.733. The Balaban J connectivity index is 1.62. The van der Waals surface area contributed by atoms with Gasteiger partial charge in [-0.1, -0.05) is 19.3 Å². The number of aromatic nitrogens is 3. The molecule has 3 rings (SSSR count). The van der Waals surface area contributed by atoms with Gasteiger partial charge in [-0.25, -0.2) is 9.67 Å². The Morgan fingerprint density at radius 1 is 1.18 bits per heavy atom. The van der Waals surface area contributed by atoms with Gasteiger partial charge in [-0.2, -0.15) is 0 Å². The molecule has 1 aliphatic carbocycles. The summed E-state index contributed by atoms with van der Waals surface area (Å²) in [5, 5.41) is 7.14. The number of rotatable bonds is 3. The first-order valence-corrected chi connectivity index (χ1v) is 8.14. The van der Waals surface area contributed by atoms with Crippen molar-refractivity contribution in [3.63, 3.8) is 0 Å². The van der Waals surface area contributed by atoms with Crippen LogP contribution in [-0.4, -0.2) is 44.1 Å². The smallest absolute Gasteiger partial charge is 0.249 e. The number of nitrogens with zero attached hydrogens (tertiary/aromatic N) is 4. The summed E-state index contributed by atoms with van der Waals surface area (Å²) in [7, 11) is 0. The second-order valence-electron chi connectivity index (χ2n) is 6.20. The molecule has 2 aliphatic rings. The summed E-state index contributed by atoms with van der Waals surface area (Å²) in [6.45, 7) is 2.15. The van der Waals surface area contributed by atoms with E-state index in [0.29, 0.717) is 25.0 Å². The lowest BCUT2D eigenvalue weighted by Crippen LogP contribution is -2.42. The van der Waals surface area contributed by atoms with Crippen molar-refractivity contribution in [1.29, 1.82) is 0 Å². The molecule has 0 radical (unpaired) electrons. The Morgan fingerprint density at radius 2 is 1.95 bits per heavy atom. The second-order valence-corrected chi connectivity index (χ2v) is 6.20. The number of likely N-dealkylation sites (tertiary alicyclic amines) is 1. The van der Waals surface area contributed by atoms with Crippen molar-refractivity contribution in [2.75, 3.05) is 11.9 Å². The van der Waals surface area contributed by atoms with Crippen LogP contribution in [0.25, 0.3) is 0 Å². The molecular formula is C15H23N5O2. The molecule has 7 nitrogen and oxygen atoms in total. The Hall–Kier alpha value is -1.92. The van der Waals surface area contributed by atoms with Gasteiger partial charge in [0.2, 0.25) is 17.8 Å². The first-order valence-electron chi connectivity index (χ1n) is 8.14. The average Bonchev–Trinajstić information content (AvgIpc) is 3.17. The predicted molar refractivity (Wildman–Crippen MR) is 81.2 cm³/mol. The lowest BCUT2D eigenvalue weighted by atomic mass is 9.96. The van der Waals surface area contributed by atoms with Crippen LogP contribution in [0.5, 0.6) is 0 Å². The van der Waals surface area contributed by atoms with E-state index in [1.165, 1.54) is 26.2 Å². The van der Waals surface area contributed by atoms with Crippen molar-refractivity contribution in [2.45, 2.75) is 64.0 Å². The number of hydrogen-bond donors (Lipinski definition) is 1. The largest absolute Gasteiger partial charge is 0.331 e. The summed E-state index contributed by atoms with van der Waals surface area (Å²) >= 11 is 0. The van der Waals surface area contributed by atoms with E-state index in [0.717, 1.165) is 19.3 Å². The molecule has 1 saturated carbocycles. The zero-order valence-corrected chi connectivity index (χ0v) is 13.0. The van der Waals surface area contributed by atoms with E-state index in [1.54, 1.807) is 11.2 Å². The summed E-state index contributed by atoms with van der Waals surface area (Å²) in [6.07, 6.45) is 9.25. The topological polar surface area (TPSA) is 80.1 Å². The minimum Gasteiger partial charge on any atom is -0.331 e. The average molecular weight is 305 g/mol. The van der Waals surface area contributed by atoms with Gasteiger partial charge >= 0.3 is 0 Å². The molecule has 2 heterocycles. The van der Waals surface area contributed by atoms with Crippen molar-refractivity contribution in [1.82, 2.24) is 19.7 Å². The Labute approximate surface area is 130 Å². The molecule has 2 fully saturated rings. The second kappa shape index (κ2) is 6.46. The Bertz CT molecular complexity index is 550. The predicted octanol–water partition coefficient (Wildman–Crippen LogP) is 1.73. The molecule has 1 saturated heterocycles. The Morgan fingerprint density at radius 3 is 2.68 bits per heavy atom. The van der Waals surface area contributed by atoms with E-state index >= 15 is 0 Å². The van der Waals surface area contributed by atoms with Crippen LogP contribution in [-0.2, 0) is 9.59 Å². The molecule has 1 N–H and O–H groups in total. The molecule has 1 aromatic heterocycles. The number of hydrogen-bond acceptors (Lipinski definition) is 4. The summed E-state index contributed by atoms with van der Waals surface area (Å²) in [5.74, 6) is 0.0958. The van der Waals surface area contributed by atoms with Gasteiger partial charge in [-0.15, -0.1) is 5.10 Å². The van der Waals surface area contributed by atoms with Crippen LogP contribution in [0.1, 0.15) is 57.9 Å². The van der Waals surface area contributed by atoms with Gasteiger partial charge in [0.15, 0.2) is 0 Å². The lowest BCUT2D eigenvalue weighted by molar-refractivity contribution is -0.134. The van der Waals surface area contributed by atoms with E-state index < -0.39 is 0 Å². The maximum absolute atomic E-state index is 12.3. The van der Waals surface area contributed by atoms with Gasteiger partial charge in [-0.05, 0) is 25.7 Å². The minimum atomic E-state index is -0.390. The molecule has 120 valence electrons. The first-order chi connectivity index (χ1) is 10.6. The molecule has 1 aliphatic heterocycles. The van der Waals surface area contributed by atoms with Crippen LogP contribution in [0.4, 0.5) is 5.95 Å². The maximum atomic E-state index is 12.3. The monoisotopic (exact) mass is 305 g/mol. The molecule has 1 unspecified atom stereocenters. The third kappa shape index (κ3) is 3.13. The summed E-state index contributed by atoms with van der Waals surface area (Å²) in [6, 6.07) is 0.00577. The van der Waals surface area contributed by atoms with Crippen LogP contribution in [0.2, 0.25) is 0 Å². The Kier molecular flexibility index (Phi) is 4.40. The number of nitrogens with one attached hydrogen (secondary N) is 1. The quantitative estimate of drug-likeness (QED) is 0.922. The van der Waals surface area contributed by atoms with Gasteiger partial charge in [0.1, 0.15) is 12.4 Å². The zero-order valence-electron chi connectivity index (χ0n) is 13.0. The number of carbonyl (C=O) groups is 2. The molecule has 1 atom stereocenters. The van der Waals surface area contributed by atoms with Crippen molar-refractivity contribution in [2.24, 2.45) is 0 Å². The van der Waals surface area contributed by atoms with Crippen molar-refractivity contribution < 1.29 is 9.59 Å². The third-order valence-electron chi connectivity index (χ3n) is 4.65. The highest BCUT2D eigenvalue weighted by Crippen LogP contribution is 2.27. The van der Waals surface area contributed by atoms with Gasteiger partial charge in [-0.3, -0.25) is 14.9 Å². The number of anilines is 1. The van der Waals surface area contributed by atoms with E-state index in [-0.39, 0.29) is 17.9 Å². The normalized spacial score (nSPS) is 22.8. The fourth-order valence-electron chi connectivity index (χ4n) is 3.46. The van der Waals surface area contributed by atoms with Gasteiger partial charge in [0, 0.05) is 13.5 Å². The molecule has 22 heavy (non-hydrogen) atoms. The summed E-state index contributed by atoms with van der Waals surface area (Å²) in [5.41, 5.74) is 0. The van der Waals surface area contributed by atoms with E-state index in [2.05, 4.69) is 15.4 Å². The van der Waals surface area contributed by atoms with Crippen molar-refractivity contribution in [3.8, 4) is 0 Å². The first kappa shape index (κ1) is 15.0. The highest BCUT2D eigenvalue weighted by Gasteiger charge is 2.32. The van der Waals surface area contributed by atoms with Gasteiger partial charge < -0.3 is 4.90 Å². The molecule has 7 heteroatoms. The molecule has 0 bridgehead atoms. The van der Waals surface area contributed by atoms with Crippen LogP contribution in [0.15, 0.2) is 6.33 Å². The summed E-state index contributed by atoms with van der Waals surface area (Å²) < 4.78 is 1.87. The molecular weight excluding hydrogens is 282 g/mol. The van der Waals surface area contributed by atoms with Crippen LogP contribution in [0.3, 0.4) is 0 Å². The zero-order chi connectivity index (χ0) is 15.5. The van der Waals surface area contributed by atoms with Crippen LogP contribution in [0, 0.1) is 0 Å². The minimum absolute atomic E-state index is 0.0571. The molecule has 0 aromatic carbocycles. The van der Waals surface area contributed by atoms with E-state index in [1.807, 2.05) is 4.68 Å². The third-order valence-corrected chi connectivity index (χ3v) is 4.65. The molecule has 0 spiro atoms. The van der Waals surface area contributed by atoms with Gasteiger partial charge in [0.05, 0.1) is 6.04 Å². The summed E-state index contributed by atoms with van der Waals surface area (Å²) in [4.78, 5) is 29.7. The molecule has 1 aromatic rings.